The minimum atomic E-state index is -3.03. The molecule has 0 bridgehead atoms. The number of hydrogen-bond donors (Lipinski definition) is 4. The molecule has 1 saturated heterocycles. The number of aryl methyl sites for hydroxylation is 1. The van der Waals surface area contributed by atoms with Crippen LogP contribution in [0.3, 0.4) is 0 Å². The zero-order chi connectivity index (χ0) is 45.2. The van der Waals surface area contributed by atoms with Crippen LogP contribution in [-0.2, 0) is 28.2 Å². The van der Waals surface area contributed by atoms with E-state index in [0.29, 0.717) is 63.9 Å². The van der Waals surface area contributed by atoms with Crippen molar-refractivity contribution in [1.29, 1.82) is 0 Å². The van der Waals surface area contributed by atoms with E-state index in [1.165, 1.54) is 0 Å². The maximum absolute atomic E-state index is 15.3. The van der Waals surface area contributed by atoms with E-state index in [-0.39, 0.29) is 42.3 Å². The molecular formula is C49H52N6O8Si. The van der Waals surface area contributed by atoms with Gasteiger partial charge in [-0.2, -0.15) is 0 Å². The number of methoxy groups -OCH3 is 2. The van der Waals surface area contributed by atoms with E-state index in [4.69, 9.17) is 14.2 Å². The Bertz CT molecular complexity index is 2620. The van der Waals surface area contributed by atoms with E-state index in [0.717, 1.165) is 11.1 Å². The Balaban J connectivity index is 1.09. The molecule has 15 heteroatoms. The first kappa shape index (κ1) is 44.0. The number of hydrogen-bond acceptors (Lipinski definition) is 10. The number of aliphatic hydroxyl groups excluding tert-OH is 1. The molecule has 4 N–H and O–H groups in total. The van der Waals surface area contributed by atoms with E-state index < -0.39 is 25.9 Å². The Morgan fingerprint density at radius 2 is 1.44 bits per heavy atom. The van der Waals surface area contributed by atoms with Crippen LogP contribution in [0.2, 0.25) is 18.6 Å². The molecule has 2 aliphatic heterocycles. The standard InChI is InChI=1S/C49H52N6O8Si/c1-31-45(64(4,5)60)44(25-26-54-29-42(52-53-54)40(30-56)33-9-7-6-8-10-33)63-49(31)41-27-37(51-47(58)35-15-22-39(62-3)23-16-35)19-24-43(41)55(48(49)59)28-32-11-17-36(18-12-32)50-46(57)34-13-20-38(61-2)21-14-34/h6-24,27,29,31,40,44-45,56,60H,25-26,28,30H2,1-5H3,(H,50,57)(H,51,58)/t31-,40?,44+,45-,49+/m0/s1. The Labute approximate surface area is 372 Å². The monoisotopic (exact) mass is 880 g/mol. The highest BCUT2D eigenvalue weighted by atomic mass is 28.4. The number of ether oxygens (including phenoxy) is 3. The molecule has 5 atom stereocenters. The summed E-state index contributed by atoms with van der Waals surface area (Å²) in [5, 5.41) is 25.0. The van der Waals surface area contributed by atoms with E-state index >= 15 is 4.79 Å². The molecule has 0 aliphatic carbocycles. The molecule has 1 unspecified atom stereocenters. The average Bonchev–Trinajstić information content (AvgIpc) is 3.96. The molecule has 3 amide bonds. The second-order valence-corrected chi connectivity index (χ2v) is 20.9. The molecule has 0 radical (unpaired) electrons. The average molecular weight is 881 g/mol. The SMILES string of the molecule is COc1ccc(C(=O)Nc2ccc(CN3C(=O)[C@]4(O[C@H](CCn5cc(C(CO)c6ccccc6)nn5)[C@@H]([Si](C)(C)O)[C@@H]4C)c4cc(NC(=O)c5ccc(OC)cc5)ccc43)cc2)cc1. The van der Waals surface area contributed by atoms with Crippen LogP contribution in [0.25, 0.3) is 0 Å². The highest BCUT2D eigenvalue weighted by Crippen LogP contribution is 2.60. The van der Waals surface area contributed by atoms with Crippen molar-refractivity contribution in [3.05, 3.63) is 161 Å². The fourth-order valence-electron chi connectivity index (χ4n) is 9.25. The van der Waals surface area contributed by atoms with Gasteiger partial charge in [0.1, 0.15) is 11.5 Å². The predicted molar refractivity (Wildman–Crippen MR) is 245 cm³/mol. The molecule has 14 nitrogen and oxygen atoms in total. The van der Waals surface area contributed by atoms with Gasteiger partial charge in [-0.25, -0.2) is 0 Å². The number of anilines is 3. The molecule has 3 heterocycles. The summed E-state index contributed by atoms with van der Waals surface area (Å²) in [4.78, 5) is 55.5. The summed E-state index contributed by atoms with van der Waals surface area (Å²) < 4.78 is 19.3. The normalized spacial score (nSPS) is 19.6. The third kappa shape index (κ3) is 8.67. The van der Waals surface area contributed by atoms with Crippen LogP contribution in [0.15, 0.2) is 128 Å². The quantitative estimate of drug-likeness (QED) is 0.0763. The van der Waals surface area contributed by atoms with E-state index in [1.807, 2.05) is 80.8 Å². The molecule has 8 rings (SSSR count). The lowest BCUT2D eigenvalue weighted by atomic mass is 9.82. The Kier molecular flexibility index (Phi) is 12.5. The maximum Gasteiger partial charge on any atom is 0.264 e. The van der Waals surface area contributed by atoms with Crippen molar-refractivity contribution in [3.8, 4) is 11.5 Å². The fraction of sp³-hybridized carbons (Fsp3) is 0.286. The van der Waals surface area contributed by atoms with Gasteiger partial charge in [-0.05, 0) is 110 Å². The number of carbonyl (C=O) groups is 3. The van der Waals surface area contributed by atoms with Crippen molar-refractivity contribution < 1.29 is 38.5 Å². The number of amides is 3. The Morgan fingerprint density at radius 3 is 2.02 bits per heavy atom. The van der Waals surface area contributed by atoms with Crippen LogP contribution < -0.4 is 25.0 Å². The van der Waals surface area contributed by atoms with Gasteiger partial charge in [0.05, 0.1) is 50.8 Å². The molecule has 64 heavy (non-hydrogen) atoms. The van der Waals surface area contributed by atoms with Crippen molar-refractivity contribution in [3.63, 3.8) is 0 Å². The summed E-state index contributed by atoms with van der Waals surface area (Å²) in [7, 11) is 0.102. The third-order valence-corrected chi connectivity index (χ3v) is 14.9. The number of aliphatic hydroxyl groups is 1. The molecule has 0 saturated carbocycles. The van der Waals surface area contributed by atoms with Crippen molar-refractivity contribution in [2.75, 3.05) is 36.4 Å². The van der Waals surface area contributed by atoms with Gasteiger partial charge in [-0.15, -0.1) is 5.10 Å². The lowest BCUT2D eigenvalue weighted by Gasteiger charge is -2.32. The van der Waals surface area contributed by atoms with Crippen LogP contribution in [0, 0.1) is 5.92 Å². The highest BCUT2D eigenvalue weighted by molar-refractivity contribution is 6.71. The summed E-state index contributed by atoms with van der Waals surface area (Å²) in [5.41, 5.74) is 3.72. The van der Waals surface area contributed by atoms with Crippen LogP contribution in [-0.4, -0.2) is 77.9 Å². The lowest BCUT2D eigenvalue weighted by molar-refractivity contribution is -0.146. The molecule has 1 spiro atoms. The van der Waals surface area contributed by atoms with E-state index in [2.05, 4.69) is 20.9 Å². The number of carbonyl (C=O) groups excluding carboxylic acids is 3. The first-order valence-electron chi connectivity index (χ1n) is 21.2. The topological polar surface area (TPSA) is 177 Å². The van der Waals surface area contributed by atoms with Crippen LogP contribution in [0.4, 0.5) is 17.1 Å². The second-order valence-electron chi connectivity index (χ2n) is 16.9. The number of benzene rings is 5. The van der Waals surface area contributed by atoms with Gasteiger partial charge >= 0.3 is 0 Å². The minimum Gasteiger partial charge on any atom is -0.497 e. The number of aromatic nitrogens is 3. The molecule has 1 aromatic heterocycles. The molecular weight excluding hydrogens is 829 g/mol. The summed E-state index contributed by atoms with van der Waals surface area (Å²) in [6.45, 7) is 6.18. The number of nitrogens with one attached hydrogen (secondary N) is 2. The van der Waals surface area contributed by atoms with Crippen LogP contribution >= 0.6 is 0 Å². The van der Waals surface area contributed by atoms with Gasteiger partial charge in [0, 0.05) is 52.3 Å². The smallest absolute Gasteiger partial charge is 0.264 e. The largest absolute Gasteiger partial charge is 0.497 e. The van der Waals surface area contributed by atoms with Crippen molar-refractivity contribution in [2.24, 2.45) is 5.92 Å². The molecule has 2 aliphatic rings. The minimum absolute atomic E-state index is 0.132. The predicted octanol–water partition coefficient (Wildman–Crippen LogP) is 7.36. The summed E-state index contributed by atoms with van der Waals surface area (Å²) in [6, 6.07) is 36.0. The molecule has 1 fully saturated rings. The van der Waals surface area contributed by atoms with Gasteiger partial charge in [0.15, 0.2) is 13.9 Å². The van der Waals surface area contributed by atoms with E-state index in [9.17, 15) is 19.5 Å². The van der Waals surface area contributed by atoms with Crippen molar-refractivity contribution >= 4 is 43.1 Å². The summed E-state index contributed by atoms with van der Waals surface area (Å²) in [5.74, 6) is -0.406. The van der Waals surface area contributed by atoms with Gasteiger partial charge in [-0.1, -0.05) is 54.6 Å². The molecule has 330 valence electrons. The maximum atomic E-state index is 15.3. The summed E-state index contributed by atoms with van der Waals surface area (Å²) in [6.07, 6.45) is 1.70. The molecule has 5 aromatic carbocycles. The Morgan fingerprint density at radius 1 is 0.844 bits per heavy atom. The summed E-state index contributed by atoms with van der Waals surface area (Å²) >= 11 is 0. The number of fused-ring (bicyclic) bond motifs is 2. The first-order valence-corrected chi connectivity index (χ1v) is 24.3. The van der Waals surface area contributed by atoms with Crippen molar-refractivity contribution in [1.82, 2.24) is 15.0 Å². The van der Waals surface area contributed by atoms with E-state index in [1.54, 1.807) is 90.5 Å². The van der Waals surface area contributed by atoms with Crippen LogP contribution in [0.5, 0.6) is 11.5 Å². The number of nitrogens with zero attached hydrogens (tertiary/aromatic N) is 4. The highest BCUT2D eigenvalue weighted by Gasteiger charge is 2.66. The second kappa shape index (κ2) is 18.2. The van der Waals surface area contributed by atoms with Gasteiger partial charge in [-0.3, -0.25) is 19.1 Å². The number of rotatable bonds is 15. The molecule has 6 aromatic rings. The lowest BCUT2D eigenvalue weighted by Crippen LogP contribution is -2.46. The van der Waals surface area contributed by atoms with Crippen molar-refractivity contribution in [2.45, 2.75) is 62.7 Å². The zero-order valence-electron chi connectivity index (χ0n) is 36.4. The fourth-order valence-corrected chi connectivity index (χ4v) is 11.8. The Hall–Kier alpha value is -6.65. The van der Waals surface area contributed by atoms with Gasteiger partial charge in [0.25, 0.3) is 17.7 Å². The van der Waals surface area contributed by atoms with Gasteiger partial charge < -0.3 is 39.6 Å². The third-order valence-electron chi connectivity index (χ3n) is 12.4. The van der Waals surface area contributed by atoms with Gasteiger partial charge in [0.2, 0.25) is 0 Å². The van der Waals surface area contributed by atoms with Crippen LogP contribution in [0.1, 0.15) is 62.4 Å². The zero-order valence-corrected chi connectivity index (χ0v) is 37.4. The first-order chi connectivity index (χ1) is 30.8.